The number of benzene rings is 1. The average Bonchev–Trinajstić information content (AvgIpc) is 2.99. The molecule has 1 aliphatic carbocycles. The Morgan fingerprint density at radius 3 is 2.56 bits per heavy atom. The predicted octanol–water partition coefficient (Wildman–Crippen LogP) is 3.46. The lowest BCUT2D eigenvalue weighted by atomic mass is 9.82. The van der Waals surface area contributed by atoms with Gasteiger partial charge in [0.05, 0.1) is 18.2 Å². The molecule has 0 unspecified atom stereocenters. The number of para-hydroxylation sites is 1. The normalized spacial score (nSPS) is 25.8. The Bertz CT molecular complexity index is 591. The third kappa shape index (κ3) is 3.29. The first-order valence-electron chi connectivity index (χ1n) is 9.95. The van der Waals surface area contributed by atoms with Crippen molar-refractivity contribution in [2.24, 2.45) is 5.92 Å². The summed E-state index contributed by atoms with van der Waals surface area (Å²) in [5.74, 6) is 0.718. The largest absolute Gasteiger partial charge is 0.373 e. The number of nitrogens with zero attached hydrogens (tertiary/aromatic N) is 2. The van der Waals surface area contributed by atoms with Gasteiger partial charge in [0.15, 0.2) is 0 Å². The molecule has 4 rings (SSSR count). The Morgan fingerprint density at radius 2 is 1.96 bits per heavy atom. The van der Waals surface area contributed by atoms with Crippen molar-refractivity contribution in [1.29, 1.82) is 0 Å². The van der Waals surface area contributed by atoms with Crippen LogP contribution in [0, 0.1) is 5.92 Å². The maximum absolute atomic E-state index is 12.5. The second-order valence-electron chi connectivity index (χ2n) is 7.93. The van der Waals surface area contributed by atoms with Crippen molar-refractivity contribution in [3.05, 3.63) is 30.3 Å². The molecular weight excluding hydrogens is 312 g/mol. The smallest absolute Gasteiger partial charge is 0.225 e. The van der Waals surface area contributed by atoms with Crippen LogP contribution in [0.5, 0.6) is 0 Å². The molecule has 4 heteroatoms. The molecule has 1 aromatic rings. The van der Waals surface area contributed by atoms with Crippen LogP contribution >= 0.6 is 0 Å². The summed E-state index contributed by atoms with van der Waals surface area (Å²) >= 11 is 0. The van der Waals surface area contributed by atoms with E-state index in [1.54, 1.807) is 0 Å². The van der Waals surface area contributed by atoms with E-state index in [0.29, 0.717) is 17.9 Å². The molecule has 3 aliphatic rings. The van der Waals surface area contributed by atoms with Crippen LogP contribution in [-0.4, -0.2) is 48.7 Å². The minimum atomic E-state index is -0.0107. The molecule has 25 heavy (non-hydrogen) atoms. The van der Waals surface area contributed by atoms with Gasteiger partial charge in [0.2, 0.25) is 5.91 Å². The van der Waals surface area contributed by atoms with Crippen LogP contribution in [-0.2, 0) is 9.53 Å². The monoisotopic (exact) mass is 342 g/mol. The van der Waals surface area contributed by atoms with Gasteiger partial charge < -0.3 is 14.5 Å². The number of amides is 1. The van der Waals surface area contributed by atoms with Crippen molar-refractivity contribution in [2.45, 2.75) is 57.1 Å². The molecule has 1 saturated carbocycles. The number of rotatable bonds is 4. The van der Waals surface area contributed by atoms with Gasteiger partial charge in [-0.1, -0.05) is 24.6 Å². The summed E-state index contributed by atoms with van der Waals surface area (Å²) in [6.07, 6.45) is 6.50. The van der Waals surface area contributed by atoms with E-state index in [1.165, 1.54) is 12.1 Å². The number of anilines is 1. The lowest BCUT2D eigenvalue weighted by molar-refractivity contribution is -0.142. The molecule has 1 spiro atoms. The lowest BCUT2D eigenvalue weighted by Crippen LogP contribution is -2.49. The van der Waals surface area contributed by atoms with Crippen LogP contribution in [0.2, 0.25) is 0 Å². The van der Waals surface area contributed by atoms with Gasteiger partial charge in [-0.15, -0.1) is 0 Å². The van der Waals surface area contributed by atoms with Gasteiger partial charge in [-0.05, 0) is 51.2 Å². The number of likely N-dealkylation sites (tertiary alicyclic amines) is 1. The van der Waals surface area contributed by atoms with Crippen LogP contribution in [0.15, 0.2) is 30.3 Å². The summed E-state index contributed by atoms with van der Waals surface area (Å²) in [6, 6.07) is 11.1. The van der Waals surface area contributed by atoms with Crippen molar-refractivity contribution >= 4 is 11.6 Å². The van der Waals surface area contributed by atoms with Gasteiger partial charge in [0, 0.05) is 31.2 Å². The van der Waals surface area contributed by atoms with E-state index in [0.717, 1.165) is 58.3 Å². The molecule has 1 atom stereocenters. The van der Waals surface area contributed by atoms with Crippen LogP contribution < -0.4 is 4.90 Å². The van der Waals surface area contributed by atoms with Gasteiger partial charge in [-0.2, -0.15) is 0 Å². The van der Waals surface area contributed by atoms with Crippen LogP contribution in [0.25, 0.3) is 0 Å². The average molecular weight is 342 g/mol. The highest BCUT2D eigenvalue weighted by Crippen LogP contribution is 2.39. The molecule has 2 saturated heterocycles. The van der Waals surface area contributed by atoms with E-state index in [1.807, 2.05) is 0 Å². The van der Waals surface area contributed by atoms with E-state index < -0.39 is 0 Å². The second-order valence-corrected chi connectivity index (χ2v) is 7.93. The number of piperidine rings is 1. The molecule has 0 bridgehead atoms. The van der Waals surface area contributed by atoms with Crippen LogP contribution in [0.4, 0.5) is 5.69 Å². The number of hydrogen-bond donors (Lipinski definition) is 0. The lowest BCUT2D eigenvalue weighted by Gasteiger charge is -2.41. The highest BCUT2D eigenvalue weighted by molar-refractivity contribution is 5.79. The zero-order valence-corrected chi connectivity index (χ0v) is 15.3. The fraction of sp³-hybridized carbons (Fsp3) is 0.667. The molecule has 136 valence electrons. The topological polar surface area (TPSA) is 32.8 Å². The molecule has 2 aliphatic heterocycles. The SMILES string of the molecule is CCN(c1ccccc1)[C@@H]1COC2(CCN(C(=O)C3CCC3)CC2)C1. The van der Waals surface area contributed by atoms with Crippen molar-refractivity contribution in [3.63, 3.8) is 0 Å². The summed E-state index contributed by atoms with van der Waals surface area (Å²) in [6.45, 7) is 5.77. The Labute approximate surface area is 151 Å². The maximum Gasteiger partial charge on any atom is 0.225 e. The molecule has 2 heterocycles. The van der Waals surface area contributed by atoms with Gasteiger partial charge in [0.25, 0.3) is 0 Å². The quantitative estimate of drug-likeness (QED) is 0.840. The Hall–Kier alpha value is -1.55. The summed E-state index contributed by atoms with van der Waals surface area (Å²) < 4.78 is 6.35. The Kier molecular flexibility index (Phi) is 4.72. The molecular formula is C21H30N2O2. The van der Waals surface area contributed by atoms with Gasteiger partial charge in [0.1, 0.15) is 0 Å². The highest BCUT2D eigenvalue weighted by Gasteiger charge is 2.45. The van der Waals surface area contributed by atoms with E-state index in [9.17, 15) is 4.79 Å². The Morgan fingerprint density at radius 1 is 1.24 bits per heavy atom. The molecule has 1 amide bonds. The summed E-state index contributed by atoms with van der Waals surface area (Å²) in [7, 11) is 0. The number of likely N-dealkylation sites (N-methyl/N-ethyl adjacent to an activating group) is 1. The number of hydrogen-bond acceptors (Lipinski definition) is 3. The van der Waals surface area contributed by atoms with Gasteiger partial charge in [-0.25, -0.2) is 0 Å². The standard InChI is InChI=1S/C21H30N2O2/c1-2-23(18-9-4-3-5-10-18)19-15-21(25-16-19)11-13-22(14-12-21)20(24)17-7-6-8-17/h3-5,9-10,17,19H,2,6-8,11-16H2,1H3/t19-/m0/s1. The third-order valence-electron chi connectivity index (χ3n) is 6.50. The van der Waals surface area contributed by atoms with Gasteiger partial charge >= 0.3 is 0 Å². The van der Waals surface area contributed by atoms with Crippen molar-refractivity contribution in [3.8, 4) is 0 Å². The second kappa shape index (κ2) is 6.99. The molecule has 0 aromatic heterocycles. The van der Waals surface area contributed by atoms with Crippen molar-refractivity contribution < 1.29 is 9.53 Å². The van der Waals surface area contributed by atoms with E-state index in [-0.39, 0.29) is 5.60 Å². The predicted molar refractivity (Wildman–Crippen MR) is 99.7 cm³/mol. The van der Waals surface area contributed by atoms with E-state index in [4.69, 9.17) is 4.74 Å². The highest BCUT2D eigenvalue weighted by atomic mass is 16.5. The fourth-order valence-corrected chi connectivity index (χ4v) is 4.69. The van der Waals surface area contributed by atoms with Crippen molar-refractivity contribution in [2.75, 3.05) is 31.1 Å². The summed E-state index contributed by atoms with van der Waals surface area (Å²) in [4.78, 5) is 17.0. The van der Waals surface area contributed by atoms with Crippen molar-refractivity contribution in [1.82, 2.24) is 4.90 Å². The summed E-state index contributed by atoms with van der Waals surface area (Å²) in [5, 5.41) is 0. The Balaban J connectivity index is 1.36. The number of ether oxygens (including phenoxy) is 1. The third-order valence-corrected chi connectivity index (χ3v) is 6.50. The minimum absolute atomic E-state index is 0.0107. The van der Waals surface area contributed by atoms with Crippen LogP contribution in [0.3, 0.4) is 0 Å². The fourth-order valence-electron chi connectivity index (χ4n) is 4.69. The molecule has 1 aromatic carbocycles. The molecule has 3 fully saturated rings. The minimum Gasteiger partial charge on any atom is -0.373 e. The number of carbonyl (C=O) groups excluding carboxylic acids is 1. The molecule has 0 radical (unpaired) electrons. The zero-order chi connectivity index (χ0) is 17.3. The first kappa shape index (κ1) is 16.9. The first-order chi connectivity index (χ1) is 12.2. The molecule has 4 nitrogen and oxygen atoms in total. The first-order valence-corrected chi connectivity index (χ1v) is 9.95. The zero-order valence-electron chi connectivity index (χ0n) is 15.3. The van der Waals surface area contributed by atoms with E-state index in [2.05, 4.69) is 47.1 Å². The van der Waals surface area contributed by atoms with Crippen LogP contribution in [0.1, 0.15) is 45.4 Å². The number of carbonyl (C=O) groups is 1. The summed E-state index contributed by atoms with van der Waals surface area (Å²) in [5.41, 5.74) is 1.27. The molecule has 0 N–H and O–H groups in total. The maximum atomic E-state index is 12.5. The van der Waals surface area contributed by atoms with E-state index >= 15 is 0 Å². The van der Waals surface area contributed by atoms with Gasteiger partial charge in [-0.3, -0.25) is 4.79 Å².